The Hall–Kier alpha value is -2.03. The average Bonchev–Trinajstić information content (AvgIpc) is 2.47. The monoisotopic (exact) mass is 335 g/mol. The summed E-state index contributed by atoms with van der Waals surface area (Å²) < 4.78 is 26.0. The van der Waals surface area contributed by atoms with Gasteiger partial charge in [0.1, 0.15) is 4.90 Å². The Morgan fingerprint density at radius 1 is 1.23 bits per heavy atom. The zero-order chi connectivity index (χ0) is 15.9. The van der Waals surface area contributed by atoms with Crippen LogP contribution in [0.3, 0.4) is 0 Å². The maximum absolute atomic E-state index is 12.7. The van der Waals surface area contributed by atoms with Crippen LogP contribution in [0.15, 0.2) is 52.5 Å². The molecule has 6 nitrogen and oxygen atoms in total. The van der Waals surface area contributed by atoms with Crippen molar-refractivity contribution in [3.05, 3.63) is 53.1 Å². The number of rotatable bonds is 2. The Bertz CT molecular complexity index is 873. The first kappa shape index (κ1) is 14.9. The molecule has 0 atom stereocenters. The summed E-state index contributed by atoms with van der Waals surface area (Å²) >= 11 is 5.96. The molecule has 22 heavy (non-hydrogen) atoms. The minimum atomic E-state index is -4.10. The zero-order valence-corrected chi connectivity index (χ0v) is 12.8. The molecule has 0 aliphatic carbocycles. The number of hydrogen-bond acceptors (Lipinski definition) is 5. The third kappa shape index (κ3) is 2.35. The normalized spacial score (nSPS) is 14.1. The molecule has 9 heteroatoms. The number of halogens is 1. The van der Waals surface area contributed by atoms with Gasteiger partial charge in [-0.25, -0.2) is 8.42 Å². The van der Waals surface area contributed by atoms with E-state index in [1.165, 1.54) is 24.4 Å². The predicted octanol–water partition coefficient (Wildman–Crippen LogP) is 0.648. The smallest absolute Gasteiger partial charge is 0.427 e. The quantitative estimate of drug-likeness (QED) is 0.622. The molecular formula is C13H11BClN3O3S. The molecule has 3 rings (SSSR count). The van der Waals surface area contributed by atoms with E-state index in [1.807, 2.05) is 0 Å². The van der Waals surface area contributed by atoms with E-state index >= 15 is 0 Å². The van der Waals surface area contributed by atoms with E-state index in [2.05, 4.69) is 5.10 Å². The van der Waals surface area contributed by atoms with E-state index in [9.17, 15) is 13.4 Å². The van der Waals surface area contributed by atoms with Crippen LogP contribution in [-0.2, 0) is 10.0 Å². The molecule has 0 unspecified atom stereocenters. The first-order valence-electron chi connectivity index (χ1n) is 6.32. The molecule has 0 fully saturated rings. The molecule has 112 valence electrons. The Labute approximate surface area is 133 Å². The van der Waals surface area contributed by atoms with Crippen LogP contribution >= 0.6 is 11.6 Å². The van der Waals surface area contributed by atoms with Gasteiger partial charge in [0.15, 0.2) is 0 Å². The Balaban J connectivity index is 2.08. The molecule has 1 heterocycles. The number of fused-ring (bicyclic) bond motifs is 1. The van der Waals surface area contributed by atoms with E-state index in [-0.39, 0.29) is 9.92 Å². The average molecular weight is 336 g/mol. The molecular weight excluding hydrogens is 324 g/mol. The number of anilines is 1. The van der Waals surface area contributed by atoms with Crippen LogP contribution in [-0.4, -0.2) is 31.0 Å². The molecule has 0 saturated heterocycles. The van der Waals surface area contributed by atoms with E-state index in [1.54, 1.807) is 24.3 Å². The lowest BCUT2D eigenvalue weighted by Crippen LogP contribution is -2.52. The molecule has 0 aromatic heterocycles. The lowest BCUT2D eigenvalue weighted by atomic mass is 9.72. The number of sulfonamides is 1. The van der Waals surface area contributed by atoms with Crippen LogP contribution < -0.4 is 11.2 Å². The van der Waals surface area contributed by atoms with Gasteiger partial charge in [-0.15, -0.1) is 0 Å². The van der Waals surface area contributed by atoms with Crippen molar-refractivity contribution in [2.45, 2.75) is 4.90 Å². The summed E-state index contributed by atoms with van der Waals surface area (Å²) in [6.07, 6.45) is 1.38. The third-order valence-corrected chi connectivity index (χ3v) is 5.40. The maximum atomic E-state index is 12.7. The third-order valence-electron chi connectivity index (χ3n) is 3.27. The number of nitrogens with two attached hydrogens (primary N) is 1. The van der Waals surface area contributed by atoms with E-state index in [0.717, 1.165) is 0 Å². The number of nitrogen functional groups attached to an aromatic ring is 1. The summed E-state index contributed by atoms with van der Waals surface area (Å²) in [5.74, 6) is 0. The SMILES string of the molecule is Nc1ccc(S(=O)(=O)N2N=Cc3ccccc3B2O)c(Cl)c1. The van der Waals surface area contributed by atoms with Crippen molar-refractivity contribution in [3.63, 3.8) is 0 Å². The van der Waals surface area contributed by atoms with Gasteiger partial charge >= 0.3 is 7.05 Å². The Morgan fingerprint density at radius 3 is 2.68 bits per heavy atom. The highest BCUT2D eigenvalue weighted by Crippen LogP contribution is 2.27. The zero-order valence-electron chi connectivity index (χ0n) is 11.2. The van der Waals surface area contributed by atoms with Gasteiger partial charge in [-0.05, 0) is 29.2 Å². The van der Waals surface area contributed by atoms with Crippen molar-refractivity contribution in [1.29, 1.82) is 0 Å². The molecule has 1 aliphatic rings. The molecule has 2 aromatic rings. The highest BCUT2D eigenvalue weighted by atomic mass is 35.5. The van der Waals surface area contributed by atoms with Crippen molar-refractivity contribution in [2.24, 2.45) is 5.10 Å². The number of nitrogens with zero attached hydrogens (tertiary/aromatic N) is 2. The van der Waals surface area contributed by atoms with Crippen molar-refractivity contribution in [3.8, 4) is 0 Å². The first-order chi connectivity index (χ1) is 10.4. The van der Waals surface area contributed by atoms with E-state index < -0.39 is 17.1 Å². The highest BCUT2D eigenvalue weighted by molar-refractivity contribution is 7.90. The molecule has 0 amide bonds. The van der Waals surface area contributed by atoms with Crippen molar-refractivity contribution in [2.75, 3.05) is 5.73 Å². The fourth-order valence-corrected chi connectivity index (χ4v) is 3.96. The number of benzene rings is 2. The summed E-state index contributed by atoms with van der Waals surface area (Å²) in [5, 5.41) is 14.1. The molecule has 1 aliphatic heterocycles. The maximum Gasteiger partial charge on any atom is 0.484 e. The number of hydrogen-bond donors (Lipinski definition) is 2. The fraction of sp³-hybridized carbons (Fsp3) is 0. The standard InChI is InChI=1S/C13H11BClN3O3S/c15-12-7-10(16)5-6-13(12)22(20,21)18-14(19)11-4-2-1-3-9(11)8-17-18/h1-8,19H,16H2. The molecule has 2 aromatic carbocycles. The van der Waals surface area contributed by atoms with E-state index in [0.29, 0.717) is 21.0 Å². The largest absolute Gasteiger partial charge is 0.484 e. The van der Waals surface area contributed by atoms with Gasteiger partial charge < -0.3 is 10.8 Å². The molecule has 0 bridgehead atoms. The van der Waals surface area contributed by atoms with Gasteiger partial charge in [0.25, 0.3) is 10.0 Å². The minimum Gasteiger partial charge on any atom is -0.427 e. The van der Waals surface area contributed by atoms with Gasteiger partial charge in [0.2, 0.25) is 0 Å². The van der Waals surface area contributed by atoms with Gasteiger partial charge in [0.05, 0.1) is 11.2 Å². The van der Waals surface area contributed by atoms with Crippen LogP contribution in [0.5, 0.6) is 0 Å². The second kappa shape index (κ2) is 5.31. The first-order valence-corrected chi connectivity index (χ1v) is 8.13. The summed E-state index contributed by atoms with van der Waals surface area (Å²) in [6, 6.07) is 10.9. The minimum absolute atomic E-state index is 0.0266. The second-order valence-electron chi connectivity index (χ2n) is 4.71. The lowest BCUT2D eigenvalue weighted by molar-refractivity contribution is 0.476. The molecule has 0 spiro atoms. The molecule has 0 saturated carbocycles. The van der Waals surface area contributed by atoms with Gasteiger partial charge in [-0.1, -0.05) is 35.9 Å². The molecule has 3 N–H and O–H groups in total. The Morgan fingerprint density at radius 2 is 1.95 bits per heavy atom. The van der Waals surface area contributed by atoms with Crippen LogP contribution in [0, 0.1) is 0 Å². The van der Waals surface area contributed by atoms with Crippen LogP contribution in [0.1, 0.15) is 5.56 Å². The van der Waals surface area contributed by atoms with Gasteiger partial charge in [0, 0.05) is 5.69 Å². The summed E-state index contributed by atoms with van der Waals surface area (Å²) in [7, 11) is -5.52. The summed E-state index contributed by atoms with van der Waals surface area (Å²) in [6.45, 7) is 0. The topological polar surface area (TPSA) is 96.0 Å². The van der Waals surface area contributed by atoms with Crippen molar-refractivity contribution in [1.82, 2.24) is 4.33 Å². The summed E-state index contributed by atoms with van der Waals surface area (Å²) in [4.78, 5) is -0.168. The van der Waals surface area contributed by atoms with Crippen LogP contribution in [0.25, 0.3) is 0 Å². The van der Waals surface area contributed by atoms with Crippen molar-refractivity contribution >= 4 is 46.0 Å². The summed E-state index contributed by atoms with van der Waals surface area (Å²) in [5.41, 5.74) is 7.02. The number of hydrazone groups is 1. The Kier molecular flexibility index (Phi) is 3.60. The van der Waals surface area contributed by atoms with Crippen molar-refractivity contribution < 1.29 is 13.4 Å². The molecule has 0 radical (unpaired) electrons. The second-order valence-corrected chi connectivity index (χ2v) is 6.89. The fourth-order valence-electron chi connectivity index (χ4n) is 2.19. The van der Waals surface area contributed by atoms with Crippen LogP contribution in [0.2, 0.25) is 5.02 Å². The van der Waals surface area contributed by atoms with E-state index in [4.69, 9.17) is 17.3 Å². The van der Waals surface area contributed by atoms with Crippen LogP contribution in [0.4, 0.5) is 5.69 Å². The predicted molar refractivity (Wildman–Crippen MR) is 86.5 cm³/mol. The van der Waals surface area contributed by atoms with Gasteiger partial charge in [-0.3, -0.25) is 0 Å². The van der Waals surface area contributed by atoms with Gasteiger partial charge in [-0.2, -0.15) is 9.43 Å². The lowest BCUT2D eigenvalue weighted by Gasteiger charge is -2.26. The highest BCUT2D eigenvalue weighted by Gasteiger charge is 2.38.